The lowest BCUT2D eigenvalue weighted by atomic mass is 10.1. The summed E-state index contributed by atoms with van der Waals surface area (Å²) in [5, 5.41) is 7.95. The van der Waals surface area contributed by atoms with E-state index in [9.17, 15) is 9.59 Å². The third kappa shape index (κ3) is 5.46. The highest BCUT2D eigenvalue weighted by Crippen LogP contribution is 2.26. The number of carbonyl (C=O) groups excluding carboxylic acids is 2. The van der Waals surface area contributed by atoms with Crippen molar-refractivity contribution in [3.63, 3.8) is 0 Å². The quantitative estimate of drug-likeness (QED) is 0.757. The van der Waals surface area contributed by atoms with Crippen molar-refractivity contribution in [1.29, 1.82) is 0 Å². The molecule has 0 aliphatic carbocycles. The van der Waals surface area contributed by atoms with Crippen molar-refractivity contribution in [3.8, 4) is 11.3 Å². The fraction of sp³-hybridized carbons (Fsp3) is 0.312. The number of amides is 2. The van der Waals surface area contributed by atoms with Gasteiger partial charge in [-0.15, -0.1) is 11.3 Å². The van der Waals surface area contributed by atoms with Crippen LogP contribution < -0.4 is 16.4 Å². The highest BCUT2D eigenvalue weighted by Gasteiger charge is 2.09. The van der Waals surface area contributed by atoms with Crippen LogP contribution in [0, 0.1) is 0 Å². The van der Waals surface area contributed by atoms with Crippen LogP contribution in [0.15, 0.2) is 29.6 Å². The van der Waals surface area contributed by atoms with E-state index in [0.717, 1.165) is 16.9 Å². The summed E-state index contributed by atoms with van der Waals surface area (Å²) in [5.74, 6) is -0.188. The van der Waals surface area contributed by atoms with Gasteiger partial charge < -0.3 is 16.4 Å². The molecule has 1 atom stereocenters. The number of carbonyl (C=O) groups is 2. The number of nitrogens with zero attached hydrogens (tertiary/aromatic N) is 1. The second-order valence-electron chi connectivity index (χ2n) is 5.36. The Bertz CT molecular complexity index is 680. The molecule has 2 aromatic rings. The largest absolute Gasteiger partial charge is 0.328 e. The lowest BCUT2D eigenvalue weighted by Gasteiger charge is -2.04. The number of hydrogen-bond donors (Lipinski definition) is 3. The van der Waals surface area contributed by atoms with Gasteiger partial charge in [-0.25, -0.2) is 4.98 Å². The number of aromatic nitrogens is 1. The molecule has 0 spiro atoms. The van der Waals surface area contributed by atoms with Gasteiger partial charge in [0.05, 0.1) is 5.69 Å². The smallest absolute Gasteiger partial charge is 0.226 e. The molecule has 6 nitrogen and oxygen atoms in total. The van der Waals surface area contributed by atoms with Crippen molar-refractivity contribution in [1.82, 2.24) is 4.98 Å². The molecule has 1 aromatic heterocycles. The van der Waals surface area contributed by atoms with Gasteiger partial charge in [0, 0.05) is 36.0 Å². The lowest BCUT2D eigenvalue weighted by Crippen LogP contribution is -2.19. The Balaban J connectivity index is 1.98. The molecule has 0 saturated carbocycles. The van der Waals surface area contributed by atoms with E-state index in [2.05, 4.69) is 15.6 Å². The first-order valence-electron chi connectivity index (χ1n) is 7.33. The first-order valence-corrected chi connectivity index (χ1v) is 8.21. The second-order valence-corrected chi connectivity index (χ2v) is 6.22. The highest BCUT2D eigenvalue weighted by atomic mass is 32.1. The van der Waals surface area contributed by atoms with Crippen LogP contribution in [0.4, 0.5) is 10.8 Å². The van der Waals surface area contributed by atoms with Crippen molar-refractivity contribution in [3.05, 3.63) is 29.6 Å². The zero-order valence-corrected chi connectivity index (χ0v) is 13.9. The van der Waals surface area contributed by atoms with E-state index in [1.165, 1.54) is 18.3 Å². The summed E-state index contributed by atoms with van der Waals surface area (Å²) in [6, 6.07) is 7.40. The molecule has 2 rings (SSSR count). The Morgan fingerprint density at radius 1 is 1.26 bits per heavy atom. The van der Waals surface area contributed by atoms with E-state index in [0.29, 0.717) is 18.0 Å². The van der Waals surface area contributed by atoms with E-state index in [4.69, 9.17) is 5.73 Å². The van der Waals surface area contributed by atoms with Gasteiger partial charge in [0.15, 0.2) is 5.13 Å². The van der Waals surface area contributed by atoms with Crippen LogP contribution in [0.25, 0.3) is 11.3 Å². The summed E-state index contributed by atoms with van der Waals surface area (Å²) in [4.78, 5) is 27.2. The van der Waals surface area contributed by atoms with Crippen LogP contribution in [0.5, 0.6) is 0 Å². The second kappa shape index (κ2) is 7.85. The highest BCUT2D eigenvalue weighted by molar-refractivity contribution is 7.14. The lowest BCUT2D eigenvalue weighted by molar-refractivity contribution is -0.116. The number of nitrogens with one attached hydrogen (secondary N) is 2. The van der Waals surface area contributed by atoms with Crippen LogP contribution in [-0.4, -0.2) is 22.8 Å². The number of anilines is 2. The van der Waals surface area contributed by atoms with Gasteiger partial charge in [-0.2, -0.15) is 0 Å². The maximum Gasteiger partial charge on any atom is 0.226 e. The van der Waals surface area contributed by atoms with E-state index in [-0.39, 0.29) is 17.9 Å². The van der Waals surface area contributed by atoms with Crippen LogP contribution in [-0.2, 0) is 9.59 Å². The van der Waals surface area contributed by atoms with Crippen LogP contribution >= 0.6 is 11.3 Å². The minimum absolute atomic E-state index is 0.00901. The van der Waals surface area contributed by atoms with Crippen molar-refractivity contribution in [2.45, 2.75) is 32.7 Å². The minimum atomic E-state index is -0.108. The number of hydrogen-bond acceptors (Lipinski definition) is 5. The molecule has 1 aromatic carbocycles. The van der Waals surface area contributed by atoms with Gasteiger partial charge in [-0.3, -0.25) is 9.59 Å². The Kier molecular flexibility index (Phi) is 5.84. The van der Waals surface area contributed by atoms with E-state index < -0.39 is 0 Å². The predicted octanol–water partition coefficient (Wildman–Crippen LogP) is 2.83. The van der Waals surface area contributed by atoms with Crippen molar-refractivity contribution in [2.75, 3.05) is 10.6 Å². The average Bonchev–Trinajstić information content (AvgIpc) is 2.94. The van der Waals surface area contributed by atoms with Crippen LogP contribution in [0.2, 0.25) is 0 Å². The van der Waals surface area contributed by atoms with Gasteiger partial charge in [-0.05, 0) is 25.5 Å². The summed E-state index contributed by atoms with van der Waals surface area (Å²) < 4.78 is 0. The SMILES string of the molecule is CC(=O)Nc1ccc(-c2csc(NC(=O)CCC(C)N)n2)cc1. The van der Waals surface area contributed by atoms with Crippen LogP contribution in [0.1, 0.15) is 26.7 Å². The first kappa shape index (κ1) is 17.1. The predicted molar refractivity (Wildman–Crippen MR) is 93.4 cm³/mol. The van der Waals surface area contributed by atoms with Gasteiger partial charge in [0.25, 0.3) is 0 Å². The molecule has 7 heteroatoms. The van der Waals surface area contributed by atoms with Gasteiger partial charge >= 0.3 is 0 Å². The maximum absolute atomic E-state index is 11.8. The zero-order valence-electron chi connectivity index (χ0n) is 13.1. The molecule has 4 N–H and O–H groups in total. The van der Waals surface area contributed by atoms with Gasteiger partial charge in [0.1, 0.15) is 0 Å². The first-order chi connectivity index (χ1) is 10.9. The molecular formula is C16H20N4O2S. The fourth-order valence-electron chi connectivity index (χ4n) is 1.93. The molecule has 0 aliphatic heterocycles. The summed E-state index contributed by atoms with van der Waals surface area (Å²) in [7, 11) is 0. The average molecular weight is 332 g/mol. The molecule has 0 saturated heterocycles. The number of rotatable bonds is 6. The molecule has 0 bridgehead atoms. The summed E-state index contributed by atoms with van der Waals surface area (Å²) >= 11 is 1.38. The molecule has 122 valence electrons. The summed E-state index contributed by atoms with van der Waals surface area (Å²) in [5.41, 5.74) is 8.08. The molecule has 1 heterocycles. The van der Waals surface area contributed by atoms with Crippen molar-refractivity contribution < 1.29 is 9.59 Å². The zero-order chi connectivity index (χ0) is 16.8. The van der Waals surface area contributed by atoms with E-state index in [1.54, 1.807) is 0 Å². The Hall–Kier alpha value is -2.25. The molecule has 1 unspecified atom stereocenters. The number of nitrogens with two attached hydrogens (primary N) is 1. The Morgan fingerprint density at radius 2 is 1.96 bits per heavy atom. The summed E-state index contributed by atoms with van der Waals surface area (Å²) in [6.07, 6.45) is 1.03. The molecular weight excluding hydrogens is 312 g/mol. The standard InChI is InChI=1S/C16H20N4O2S/c1-10(17)3-8-15(22)20-16-19-14(9-23-16)12-4-6-13(7-5-12)18-11(2)21/h4-7,9-10H,3,8,17H2,1-2H3,(H,18,21)(H,19,20,22). The normalized spacial score (nSPS) is 11.8. The summed E-state index contributed by atoms with van der Waals surface area (Å²) in [6.45, 7) is 3.34. The van der Waals surface area contributed by atoms with Crippen LogP contribution in [0.3, 0.4) is 0 Å². The Morgan fingerprint density at radius 3 is 2.57 bits per heavy atom. The van der Waals surface area contributed by atoms with Crippen molar-refractivity contribution >= 4 is 34.0 Å². The van der Waals surface area contributed by atoms with E-state index in [1.807, 2.05) is 36.6 Å². The van der Waals surface area contributed by atoms with Crippen molar-refractivity contribution in [2.24, 2.45) is 5.73 Å². The maximum atomic E-state index is 11.8. The van der Waals surface area contributed by atoms with Gasteiger partial charge in [0.2, 0.25) is 11.8 Å². The monoisotopic (exact) mass is 332 g/mol. The molecule has 0 fully saturated rings. The molecule has 0 aliphatic rings. The fourth-order valence-corrected chi connectivity index (χ4v) is 2.67. The van der Waals surface area contributed by atoms with E-state index >= 15 is 0 Å². The van der Waals surface area contributed by atoms with Gasteiger partial charge in [-0.1, -0.05) is 12.1 Å². The number of benzene rings is 1. The topological polar surface area (TPSA) is 97.1 Å². The third-order valence-electron chi connectivity index (χ3n) is 3.08. The molecule has 0 radical (unpaired) electrons. The molecule has 23 heavy (non-hydrogen) atoms. The third-order valence-corrected chi connectivity index (χ3v) is 3.84. The number of thiazole rings is 1. The minimum Gasteiger partial charge on any atom is -0.328 e. The molecule has 2 amide bonds. The Labute approximate surface area is 139 Å².